The van der Waals surface area contributed by atoms with E-state index in [-0.39, 0.29) is 11.4 Å². The van der Waals surface area contributed by atoms with Gasteiger partial charge < -0.3 is 10.1 Å². The summed E-state index contributed by atoms with van der Waals surface area (Å²) in [7, 11) is 1.53. The number of pyridine rings is 1. The lowest BCUT2D eigenvalue weighted by Crippen LogP contribution is -2.00. The second-order valence-corrected chi connectivity index (χ2v) is 3.76. The Balaban J connectivity index is 2.35. The first-order valence-electron chi connectivity index (χ1n) is 5.61. The highest BCUT2D eigenvalue weighted by Gasteiger charge is 2.15. The minimum Gasteiger partial charge on any atom is -0.495 e. The van der Waals surface area contributed by atoms with Crippen LogP contribution in [0.3, 0.4) is 0 Å². The summed E-state index contributed by atoms with van der Waals surface area (Å²) in [5, 5.41) is 22.6. The van der Waals surface area contributed by atoms with E-state index in [1.807, 2.05) is 6.07 Å². The molecular formula is C13H10N4O3. The molecule has 0 atom stereocenters. The van der Waals surface area contributed by atoms with Crippen LogP contribution in [0.4, 0.5) is 17.2 Å². The zero-order valence-electron chi connectivity index (χ0n) is 10.5. The van der Waals surface area contributed by atoms with Gasteiger partial charge in [0.05, 0.1) is 17.7 Å². The molecule has 1 heterocycles. The molecule has 0 amide bonds. The number of methoxy groups -OCH3 is 1. The maximum atomic E-state index is 10.7. The Kier molecular flexibility index (Phi) is 3.77. The van der Waals surface area contributed by atoms with Crippen LogP contribution in [0.1, 0.15) is 5.69 Å². The molecule has 0 aliphatic rings. The van der Waals surface area contributed by atoms with E-state index >= 15 is 0 Å². The molecule has 0 bridgehead atoms. The molecule has 0 saturated heterocycles. The zero-order valence-corrected chi connectivity index (χ0v) is 10.5. The molecule has 0 fully saturated rings. The van der Waals surface area contributed by atoms with Crippen LogP contribution in [0.5, 0.6) is 5.75 Å². The van der Waals surface area contributed by atoms with E-state index in [0.717, 1.165) is 0 Å². The van der Waals surface area contributed by atoms with Crippen molar-refractivity contribution < 1.29 is 9.66 Å². The Morgan fingerprint density at radius 2 is 2.10 bits per heavy atom. The number of aromatic nitrogens is 1. The van der Waals surface area contributed by atoms with Crippen LogP contribution in [0, 0.1) is 21.4 Å². The van der Waals surface area contributed by atoms with Crippen molar-refractivity contribution in [1.29, 1.82) is 5.26 Å². The predicted octanol–water partition coefficient (Wildman–Crippen LogP) is 2.61. The largest absolute Gasteiger partial charge is 0.495 e. The maximum absolute atomic E-state index is 10.7. The Hall–Kier alpha value is -3.14. The van der Waals surface area contributed by atoms with Gasteiger partial charge in [0.2, 0.25) is 5.69 Å². The molecule has 2 aromatic rings. The minimum atomic E-state index is -0.640. The van der Waals surface area contributed by atoms with E-state index in [2.05, 4.69) is 10.3 Å². The number of hydrogen-bond acceptors (Lipinski definition) is 6. The fourth-order valence-electron chi connectivity index (χ4n) is 1.64. The summed E-state index contributed by atoms with van der Waals surface area (Å²) >= 11 is 0. The first kappa shape index (κ1) is 13.3. The zero-order chi connectivity index (χ0) is 14.5. The average Bonchev–Trinajstić information content (AvgIpc) is 2.47. The molecule has 1 aromatic heterocycles. The van der Waals surface area contributed by atoms with Crippen LogP contribution < -0.4 is 10.1 Å². The highest BCUT2D eigenvalue weighted by molar-refractivity contribution is 5.65. The third-order valence-corrected chi connectivity index (χ3v) is 2.55. The summed E-state index contributed by atoms with van der Waals surface area (Å²) in [5.41, 5.74) is 0.0909. The SMILES string of the molecule is COc1ccccc1Nc1ccc([N+](=O)[O-])c(C#N)n1. The van der Waals surface area contributed by atoms with Crippen LogP contribution in [-0.4, -0.2) is 17.0 Å². The van der Waals surface area contributed by atoms with Gasteiger partial charge in [-0.25, -0.2) is 4.98 Å². The highest BCUT2D eigenvalue weighted by Crippen LogP contribution is 2.27. The molecule has 0 radical (unpaired) electrons. The summed E-state index contributed by atoms with van der Waals surface area (Å²) in [5.74, 6) is 0.933. The Labute approximate surface area is 114 Å². The highest BCUT2D eigenvalue weighted by atomic mass is 16.6. The molecule has 2 rings (SSSR count). The van der Waals surface area contributed by atoms with Crippen molar-refractivity contribution in [2.75, 3.05) is 12.4 Å². The van der Waals surface area contributed by atoms with Gasteiger partial charge in [0.15, 0.2) is 0 Å². The van der Waals surface area contributed by atoms with E-state index in [1.54, 1.807) is 24.3 Å². The first-order valence-corrected chi connectivity index (χ1v) is 5.61. The van der Waals surface area contributed by atoms with Gasteiger partial charge in [-0.2, -0.15) is 5.26 Å². The monoisotopic (exact) mass is 270 g/mol. The Morgan fingerprint density at radius 1 is 1.35 bits per heavy atom. The van der Waals surface area contributed by atoms with E-state index in [4.69, 9.17) is 10.00 Å². The van der Waals surface area contributed by atoms with Gasteiger partial charge in [0, 0.05) is 6.07 Å². The molecule has 7 nitrogen and oxygen atoms in total. The number of nitro groups is 1. The Morgan fingerprint density at radius 3 is 2.75 bits per heavy atom. The number of nitrogens with one attached hydrogen (secondary N) is 1. The number of anilines is 2. The molecular weight excluding hydrogens is 260 g/mol. The van der Waals surface area contributed by atoms with Crippen molar-refractivity contribution >= 4 is 17.2 Å². The molecule has 1 N–H and O–H groups in total. The maximum Gasteiger partial charge on any atom is 0.305 e. The summed E-state index contributed by atoms with van der Waals surface area (Å²) in [4.78, 5) is 14.0. The quantitative estimate of drug-likeness (QED) is 0.676. The molecule has 7 heteroatoms. The van der Waals surface area contributed by atoms with Gasteiger partial charge in [-0.15, -0.1) is 0 Å². The van der Waals surface area contributed by atoms with Crippen molar-refractivity contribution in [1.82, 2.24) is 4.98 Å². The van der Waals surface area contributed by atoms with Crippen molar-refractivity contribution in [2.24, 2.45) is 0 Å². The number of benzene rings is 1. The van der Waals surface area contributed by atoms with Crippen LogP contribution in [0.2, 0.25) is 0 Å². The molecule has 0 aliphatic heterocycles. The molecule has 20 heavy (non-hydrogen) atoms. The summed E-state index contributed by atoms with van der Waals surface area (Å²) in [6.45, 7) is 0. The standard InChI is InChI=1S/C13H10N4O3/c1-20-12-5-3-2-4-9(12)15-13-7-6-11(17(18)19)10(8-14)16-13/h2-7H,1H3,(H,15,16). The van der Waals surface area contributed by atoms with Gasteiger partial charge in [-0.3, -0.25) is 10.1 Å². The second kappa shape index (κ2) is 5.67. The van der Waals surface area contributed by atoms with Crippen molar-refractivity contribution in [2.45, 2.75) is 0 Å². The lowest BCUT2D eigenvalue weighted by molar-refractivity contribution is -0.385. The van der Waals surface area contributed by atoms with Gasteiger partial charge in [-0.05, 0) is 18.2 Å². The minimum absolute atomic E-state index is 0.241. The number of para-hydroxylation sites is 2. The first-order chi connectivity index (χ1) is 9.65. The van der Waals surface area contributed by atoms with Crippen molar-refractivity contribution in [3.8, 4) is 11.8 Å². The van der Waals surface area contributed by atoms with Gasteiger partial charge >= 0.3 is 5.69 Å². The van der Waals surface area contributed by atoms with Crippen LogP contribution in [0.15, 0.2) is 36.4 Å². The lowest BCUT2D eigenvalue weighted by atomic mass is 10.2. The third-order valence-electron chi connectivity index (χ3n) is 2.55. The van der Waals surface area contributed by atoms with E-state index in [9.17, 15) is 10.1 Å². The van der Waals surface area contributed by atoms with Crippen LogP contribution in [0.25, 0.3) is 0 Å². The predicted molar refractivity (Wildman–Crippen MR) is 71.9 cm³/mol. The van der Waals surface area contributed by atoms with Crippen molar-refractivity contribution in [3.05, 3.63) is 52.2 Å². The van der Waals surface area contributed by atoms with Gasteiger partial charge in [0.1, 0.15) is 17.6 Å². The number of nitrogens with zero attached hydrogens (tertiary/aromatic N) is 3. The molecule has 0 unspecified atom stereocenters. The number of rotatable bonds is 4. The van der Waals surface area contributed by atoms with Gasteiger partial charge in [0.25, 0.3) is 0 Å². The normalized spacial score (nSPS) is 9.60. The second-order valence-electron chi connectivity index (χ2n) is 3.76. The van der Waals surface area contributed by atoms with Crippen molar-refractivity contribution in [3.63, 3.8) is 0 Å². The molecule has 0 aliphatic carbocycles. The molecule has 1 aromatic carbocycles. The number of ether oxygens (including phenoxy) is 1. The smallest absolute Gasteiger partial charge is 0.305 e. The van der Waals surface area contributed by atoms with E-state index < -0.39 is 4.92 Å². The number of nitriles is 1. The topological polar surface area (TPSA) is 101 Å². The molecule has 0 saturated carbocycles. The van der Waals surface area contributed by atoms with Crippen LogP contribution >= 0.6 is 0 Å². The fraction of sp³-hybridized carbons (Fsp3) is 0.0769. The summed E-state index contributed by atoms with van der Waals surface area (Å²) in [6, 6.07) is 11.5. The van der Waals surface area contributed by atoms with Gasteiger partial charge in [-0.1, -0.05) is 12.1 Å². The van der Waals surface area contributed by atoms with Crippen LogP contribution in [-0.2, 0) is 0 Å². The fourth-order valence-corrected chi connectivity index (χ4v) is 1.64. The summed E-state index contributed by atoms with van der Waals surface area (Å²) in [6.07, 6.45) is 0. The molecule has 0 spiro atoms. The van der Waals surface area contributed by atoms with E-state index in [1.165, 1.54) is 19.2 Å². The molecule has 100 valence electrons. The van der Waals surface area contributed by atoms with E-state index in [0.29, 0.717) is 17.3 Å². The number of hydrogen-bond donors (Lipinski definition) is 1. The third kappa shape index (κ3) is 2.64. The summed E-state index contributed by atoms with van der Waals surface area (Å²) < 4.78 is 5.17. The lowest BCUT2D eigenvalue weighted by Gasteiger charge is -2.10. The average molecular weight is 270 g/mol. The Bertz CT molecular complexity index is 694.